The van der Waals surface area contributed by atoms with E-state index in [0.717, 1.165) is 22.7 Å². The number of hydrogen-bond donors (Lipinski definition) is 0. The second-order valence-corrected chi connectivity index (χ2v) is 3.04. The van der Waals surface area contributed by atoms with Gasteiger partial charge in [0, 0.05) is 0 Å². The van der Waals surface area contributed by atoms with Crippen LogP contribution in [0.2, 0.25) is 0 Å². The van der Waals surface area contributed by atoms with Gasteiger partial charge in [-0.3, -0.25) is 0 Å². The lowest BCUT2D eigenvalue weighted by Gasteiger charge is -2.29. The van der Waals surface area contributed by atoms with E-state index in [9.17, 15) is 0 Å². The standard InChI is InChI=1S/C6H10S2/c7-5-3-1-2-4-6(5)8/h7-8H,1-4H2/p-2. The summed E-state index contributed by atoms with van der Waals surface area (Å²) in [5.41, 5.74) is 0. The van der Waals surface area contributed by atoms with E-state index < -0.39 is 0 Å². The van der Waals surface area contributed by atoms with Gasteiger partial charge in [-0.2, -0.15) is 0 Å². The second-order valence-electron chi connectivity index (χ2n) is 2.05. The van der Waals surface area contributed by atoms with Gasteiger partial charge in [0.25, 0.3) is 0 Å². The van der Waals surface area contributed by atoms with Crippen LogP contribution in [0.15, 0.2) is 9.81 Å². The van der Waals surface area contributed by atoms with Crippen LogP contribution in [-0.4, -0.2) is 0 Å². The molecule has 0 bridgehead atoms. The fourth-order valence-electron chi connectivity index (χ4n) is 0.850. The summed E-state index contributed by atoms with van der Waals surface area (Å²) in [4.78, 5) is 2.07. The van der Waals surface area contributed by atoms with Gasteiger partial charge < -0.3 is 25.3 Å². The fourth-order valence-corrected chi connectivity index (χ4v) is 1.34. The molecule has 0 saturated heterocycles. The van der Waals surface area contributed by atoms with Crippen molar-refractivity contribution < 1.29 is 0 Å². The third-order valence-electron chi connectivity index (χ3n) is 1.37. The molecule has 0 unspecified atom stereocenters. The molecule has 1 aliphatic carbocycles. The van der Waals surface area contributed by atoms with Crippen LogP contribution in [0, 0.1) is 0 Å². The molecule has 0 nitrogen and oxygen atoms in total. The first-order valence-electron chi connectivity index (χ1n) is 2.87. The lowest BCUT2D eigenvalue weighted by Crippen LogP contribution is -1.93. The second kappa shape index (κ2) is 2.65. The highest BCUT2D eigenvalue weighted by molar-refractivity contribution is 7.67. The molecule has 1 aliphatic rings. The Morgan fingerprint density at radius 2 is 1.25 bits per heavy atom. The molecule has 8 heavy (non-hydrogen) atoms. The summed E-state index contributed by atoms with van der Waals surface area (Å²) in [6.45, 7) is 0. The highest BCUT2D eigenvalue weighted by atomic mass is 32.1. The van der Waals surface area contributed by atoms with E-state index >= 15 is 0 Å². The number of rotatable bonds is 0. The fraction of sp³-hybridized carbons (Fsp3) is 0.667. The van der Waals surface area contributed by atoms with E-state index in [1.807, 2.05) is 0 Å². The van der Waals surface area contributed by atoms with Gasteiger partial charge >= 0.3 is 0 Å². The third-order valence-corrected chi connectivity index (χ3v) is 2.40. The van der Waals surface area contributed by atoms with Crippen molar-refractivity contribution in [3.8, 4) is 0 Å². The molecule has 0 saturated carbocycles. The Kier molecular flexibility index (Phi) is 2.08. The molecule has 2 heteroatoms. The Morgan fingerprint density at radius 1 is 0.875 bits per heavy atom. The van der Waals surface area contributed by atoms with Gasteiger partial charge in [0.1, 0.15) is 0 Å². The molecule has 1 rings (SSSR count). The van der Waals surface area contributed by atoms with E-state index in [2.05, 4.69) is 0 Å². The zero-order chi connectivity index (χ0) is 5.98. The first-order chi connectivity index (χ1) is 3.80. The molecule has 0 spiro atoms. The quantitative estimate of drug-likeness (QED) is 0.476. The third kappa shape index (κ3) is 1.33. The highest BCUT2D eigenvalue weighted by Gasteiger charge is 1.92. The van der Waals surface area contributed by atoms with Gasteiger partial charge in [-0.05, 0) is 0 Å². The summed E-state index contributed by atoms with van der Waals surface area (Å²) in [6.07, 6.45) is 4.63. The molecular formula is C6H8S2-2. The van der Waals surface area contributed by atoms with E-state index in [4.69, 9.17) is 25.3 Å². The van der Waals surface area contributed by atoms with Crippen molar-refractivity contribution in [1.29, 1.82) is 0 Å². The summed E-state index contributed by atoms with van der Waals surface area (Å²) < 4.78 is 0. The Labute approximate surface area is 61.2 Å². The van der Waals surface area contributed by atoms with Crippen molar-refractivity contribution in [2.75, 3.05) is 0 Å². The Hall–Kier alpha value is 0.180. The first-order valence-corrected chi connectivity index (χ1v) is 3.68. The predicted octanol–water partition coefficient (Wildman–Crippen LogP) is 1.87. The van der Waals surface area contributed by atoms with E-state index in [1.54, 1.807) is 0 Å². The highest BCUT2D eigenvalue weighted by Crippen LogP contribution is 2.21. The van der Waals surface area contributed by atoms with Crippen LogP contribution in [0.25, 0.3) is 0 Å². The Balaban J connectivity index is 2.60. The lowest BCUT2D eigenvalue weighted by molar-refractivity contribution is 0.717. The molecular weight excluding hydrogens is 136 g/mol. The van der Waals surface area contributed by atoms with Gasteiger partial charge in [0.15, 0.2) is 0 Å². The average molecular weight is 144 g/mol. The van der Waals surface area contributed by atoms with Crippen LogP contribution < -0.4 is 0 Å². The number of hydrogen-bond acceptors (Lipinski definition) is 2. The predicted molar refractivity (Wildman–Crippen MR) is 40.2 cm³/mol. The van der Waals surface area contributed by atoms with Crippen molar-refractivity contribution >= 4 is 25.3 Å². The SMILES string of the molecule is [S-]C1=C([S-])CCCC1. The summed E-state index contributed by atoms with van der Waals surface area (Å²) in [5.74, 6) is 0. The minimum absolute atomic E-state index is 1.03. The largest absolute Gasteiger partial charge is 0.786 e. The molecule has 0 aromatic heterocycles. The first kappa shape index (κ1) is 6.30. The summed E-state index contributed by atoms with van der Waals surface area (Å²) in [5, 5.41) is 0. The van der Waals surface area contributed by atoms with Crippen LogP contribution in [0.4, 0.5) is 0 Å². The van der Waals surface area contributed by atoms with E-state index in [1.165, 1.54) is 12.8 Å². The van der Waals surface area contributed by atoms with Crippen LogP contribution in [0.5, 0.6) is 0 Å². The monoisotopic (exact) mass is 144 g/mol. The Morgan fingerprint density at radius 3 is 1.50 bits per heavy atom. The van der Waals surface area contributed by atoms with E-state index in [-0.39, 0.29) is 0 Å². The molecule has 0 atom stereocenters. The van der Waals surface area contributed by atoms with Gasteiger partial charge in [-0.1, -0.05) is 25.7 Å². The zero-order valence-electron chi connectivity index (χ0n) is 4.64. The van der Waals surface area contributed by atoms with Gasteiger partial charge in [-0.25, -0.2) is 9.81 Å². The Bertz CT molecular complexity index is 102. The molecule has 0 radical (unpaired) electrons. The van der Waals surface area contributed by atoms with Crippen LogP contribution >= 0.6 is 0 Å². The van der Waals surface area contributed by atoms with Gasteiger partial charge in [0.05, 0.1) is 0 Å². The minimum Gasteiger partial charge on any atom is -0.786 e. The maximum atomic E-state index is 4.99. The molecule has 0 aromatic carbocycles. The van der Waals surface area contributed by atoms with Crippen molar-refractivity contribution in [3.63, 3.8) is 0 Å². The maximum Gasteiger partial charge on any atom is -0.0511 e. The molecule has 0 fully saturated rings. The van der Waals surface area contributed by atoms with Gasteiger partial charge in [0.2, 0.25) is 0 Å². The number of allylic oxidation sites excluding steroid dienone is 2. The van der Waals surface area contributed by atoms with Gasteiger partial charge in [-0.15, -0.1) is 0 Å². The zero-order valence-corrected chi connectivity index (χ0v) is 6.28. The molecule has 0 aromatic rings. The molecule has 0 amide bonds. The van der Waals surface area contributed by atoms with Crippen molar-refractivity contribution in [3.05, 3.63) is 9.81 Å². The molecule has 0 N–H and O–H groups in total. The molecule has 46 valence electrons. The normalized spacial score (nSPS) is 21.5. The average Bonchev–Trinajstić information content (AvgIpc) is 1.77. The summed E-state index contributed by atoms with van der Waals surface area (Å²) >= 11 is 9.97. The van der Waals surface area contributed by atoms with Crippen molar-refractivity contribution in [1.82, 2.24) is 0 Å². The molecule has 0 heterocycles. The minimum atomic E-state index is 1.03. The summed E-state index contributed by atoms with van der Waals surface area (Å²) in [7, 11) is 0. The topological polar surface area (TPSA) is 0 Å². The van der Waals surface area contributed by atoms with E-state index in [0.29, 0.717) is 0 Å². The van der Waals surface area contributed by atoms with Crippen molar-refractivity contribution in [2.24, 2.45) is 0 Å². The smallest absolute Gasteiger partial charge is 0.0511 e. The summed E-state index contributed by atoms with van der Waals surface area (Å²) in [6, 6.07) is 0. The maximum absolute atomic E-state index is 4.99. The van der Waals surface area contributed by atoms with Crippen molar-refractivity contribution in [2.45, 2.75) is 25.7 Å². The van der Waals surface area contributed by atoms with Crippen LogP contribution in [0.3, 0.4) is 0 Å². The lowest BCUT2D eigenvalue weighted by atomic mass is 10.1. The van der Waals surface area contributed by atoms with Crippen LogP contribution in [0.1, 0.15) is 25.7 Å². The molecule has 0 aliphatic heterocycles. The van der Waals surface area contributed by atoms with Crippen LogP contribution in [-0.2, 0) is 25.3 Å².